The van der Waals surface area contributed by atoms with Crippen molar-refractivity contribution in [2.45, 2.75) is 20.8 Å². The van der Waals surface area contributed by atoms with Gasteiger partial charge in [-0.05, 0) is 41.8 Å². The van der Waals surface area contributed by atoms with Crippen LogP contribution in [-0.4, -0.2) is 10.1 Å². The maximum absolute atomic E-state index is 9.33. The number of rotatable bonds is 1. The van der Waals surface area contributed by atoms with Gasteiger partial charge in [0.25, 0.3) is 0 Å². The molecule has 0 amide bonds. The number of phenolic OH excluding ortho intramolecular Hbond substituents is 1. The van der Waals surface area contributed by atoms with Gasteiger partial charge in [-0.15, -0.1) is 0 Å². The molecule has 0 aliphatic heterocycles. The van der Waals surface area contributed by atoms with Gasteiger partial charge in [0.05, 0.1) is 5.52 Å². The molecule has 0 spiro atoms. The van der Waals surface area contributed by atoms with Crippen LogP contribution >= 0.6 is 0 Å². The molecule has 0 saturated carbocycles. The highest BCUT2D eigenvalue weighted by Crippen LogP contribution is 2.29. The molecule has 2 nitrogen and oxygen atoms in total. The van der Waals surface area contributed by atoms with E-state index in [2.05, 4.69) is 30.1 Å². The summed E-state index contributed by atoms with van der Waals surface area (Å²) >= 11 is 0. The third kappa shape index (κ3) is 2.64. The fourth-order valence-corrected chi connectivity index (χ4v) is 2.24. The van der Waals surface area contributed by atoms with Crippen LogP contribution in [0.25, 0.3) is 22.0 Å². The van der Waals surface area contributed by atoms with Crippen LogP contribution in [0.15, 0.2) is 54.7 Å². The molecule has 0 atom stereocenters. The van der Waals surface area contributed by atoms with Crippen molar-refractivity contribution in [2.24, 2.45) is 0 Å². The average Bonchev–Trinajstić information content (AvgIpc) is 2.51. The topological polar surface area (TPSA) is 33.1 Å². The number of hydrogen-bond acceptors (Lipinski definition) is 2. The van der Waals surface area contributed by atoms with Crippen molar-refractivity contribution in [3.05, 3.63) is 60.3 Å². The normalized spacial score (nSPS) is 9.95. The third-order valence-corrected chi connectivity index (χ3v) is 3.21. The maximum Gasteiger partial charge on any atom is 0.115 e. The van der Waals surface area contributed by atoms with Crippen molar-refractivity contribution >= 4 is 10.9 Å². The summed E-state index contributed by atoms with van der Waals surface area (Å²) in [5.74, 6) is 0.287. The zero-order chi connectivity index (χ0) is 14.5. The van der Waals surface area contributed by atoms with E-state index in [0.29, 0.717) is 0 Å². The minimum atomic E-state index is 0.287. The van der Waals surface area contributed by atoms with Crippen molar-refractivity contribution in [2.75, 3.05) is 0 Å². The van der Waals surface area contributed by atoms with E-state index < -0.39 is 0 Å². The molecule has 0 saturated heterocycles. The van der Waals surface area contributed by atoms with Crippen LogP contribution < -0.4 is 0 Å². The molecule has 3 aromatic rings. The number of aromatic nitrogens is 1. The van der Waals surface area contributed by atoms with E-state index in [1.54, 1.807) is 12.1 Å². The summed E-state index contributed by atoms with van der Waals surface area (Å²) < 4.78 is 0. The number of aryl methyl sites for hydroxylation is 1. The number of hydrogen-bond donors (Lipinski definition) is 1. The molecule has 0 bridgehead atoms. The molecule has 0 aliphatic carbocycles. The molecule has 0 radical (unpaired) electrons. The molecule has 3 rings (SSSR count). The van der Waals surface area contributed by atoms with Crippen LogP contribution in [0, 0.1) is 6.92 Å². The monoisotopic (exact) mass is 265 g/mol. The lowest BCUT2D eigenvalue weighted by atomic mass is 9.98. The largest absolute Gasteiger partial charge is 0.508 e. The fourth-order valence-electron chi connectivity index (χ4n) is 2.24. The summed E-state index contributed by atoms with van der Waals surface area (Å²) in [4.78, 5) is 4.44. The molecule has 1 aromatic heterocycles. The van der Waals surface area contributed by atoms with E-state index in [1.165, 1.54) is 5.56 Å². The molecular weight excluding hydrogens is 246 g/mol. The van der Waals surface area contributed by atoms with Gasteiger partial charge in [0.1, 0.15) is 5.75 Å². The minimum absolute atomic E-state index is 0.287. The molecule has 0 aliphatic rings. The highest BCUT2D eigenvalue weighted by Gasteiger charge is 2.06. The van der Waals surface area contributed by atoms with Gasteiger partial charge >= 0.3 is 0 Å². The van der Waals surface area contributed by atoms with Gasteiger partial charge in [-0.25, -0.2) is 0 Å². The van der Waals surface area contributed by atoms with Crippen molar-refractivity contribution in [3.8, 4) is 16.9 Å². The molecule has 1 heterocycles. The highest BCUT2D eigenvalue weighted by atomic mass is 16.3. The van der Waals surface area contributed by atoms with Gasteiger partial charge in [-0.3, -0.25) is 4.98 Å². The van der Waals surface area contributed by atoms with E-state index in [0.717, 1.165) is 22.0 Å². The van der Waals surface area contributed by atoms with Gasteiger partial charge < -0.3 is 5.11 Å². The molecule has 2 aromatic carbocycles. The lowest BCUT2D eigenvalue weighted by Gasteiger charge is -2.09. The van der Waals surface area contributed by atoms with Crippen LogP contribution in [0.1, 0.15) is 19.4 Å². The standard InChI is InChI=1S/C16H13NO.C2H6/c1-11-15(12-4-7-14(18)8-5-12)9-6-13-3-2-10-17-16(11)13;1-2/h2-10,18H,1H3;1-2H3. The van der Waals surface area contributed by atoms with Crippen LogP contribution in [0.5, 0.6) is 5.75 Å². The quantitative estimate of drug-likeness (QED) is 0.676. The molecule has 0 unspecified atom stereocenters. The van der Waals surface area contributed by atoms with Gasteiger partial charge in [0.15, 0.2) is 0 Å². The Balaban J connectivity index is 0.000000704. The van der Waals surface area contributed by atoms with E-state index in [1.807, 2.05) is 38.2 Å². The third-order valence-electron chi connectivity index (χ3n) is 3.21. The Kier molecular flexibility index (Phi) is 4.36. The lowest BCUT2D eigenvalue weighted by Crippen LogP contribution is -1.87. The molecule has 1 N–H and O–H groups in total. The second-order valence-corrected chi connectivity index (χ2v) is 4.36. The highest BCUT2D eigenvalue weighted by molar-refractivity contribution is 5.88. The first-order valence-electron chi connectivity index (χ1n) is 6.89. The van der Waals surface area contributed by atoms with Crippen LogP contribution in [-0.2, 0) is 0 Å². The SMILES string of the molecule is CC.Cc1c(-c2ccc(O)cc2)ccc2cccnc12. The van der Waals surface area contributed by atoms with Crippen molar-refractivity contribution < 1.29 is 5.11 Å². The van der Waals surface area contributed by atoms with Crippen LogP contribution in [0.4, 0.5) is 0 Å². The molecule has 20 heavy (non-hydrogen) atoms. The Labute approximate surface area is 119 Å². The Hall–Kier alpha value is -2.35. The van der Waals surface area contributed by atoms with Gasteiger partial charge in [0, 0.05) is 11.6 Å². The average molecular weight is 265 g/mol. The van der Waals surface area contributed by atoms with Crippen LogP contribution in [0.3, 0.4) is 0 Å². The Morgan fingerprint density at radius 2 is 1.60 bits per heavy atom. The Bertz CT molecular complexity index is 702. The summed E-state index contributed by atoms with van der Waals surface area (Å²) in [7, 11) is 0. The van der Waals surface area contributed by atoms with E-state index in [9.17, 15) is 5.11 Å². The number of nitrogens with zero attached hydrogens (tertiary/aromatic N) is 1. The smallest absolute Gasteiger partial charge is 0.115 e. The van der Waals surface area contributed by atoms with Crippen molar-refractivity contribution in [3.63, 3.8) is 0 Å². The van der Waals surface area contributed by atoms with Gasteiger partial charge in [-0.1, -0.05) is 44.2 Å². The number of benzene rings is 2. The van der Waals surface area contributed by atoms with E-state index >= 15 is 0 Å². The van der Waals surface area contributed by atoms with E-state index in [4.69, 9.17) is 0 Å². The molecule has 2 heteroatoms. The number of fused-ring (bicyclic) bond motifs is 1. The first kappa shape index (κ1) is 14.1. The van der Waals surface area contributed by atoms with Crippen molar-refractivity contribution in [1.29, 1.82) is 0 Å². The molecule has 102 valence electrons. The lowest BCUT2D eigenvalue weighted by molar-refractivity contribution is 0.475. The summed E-state index contributed by atoms with van der Waals surface area (Å²) in [5.41, 5.74) is 4.45. The predicted octanol–water partition coefficient (Wildman–Crippen LogP) is 4.94. The number of phenols is 1. The summed E-state index contributed by atoms with van der Waals surface area (Å²) in [5, 5.41) is 10.5. The first-order valence-corrected chi connectivity index (χ1v) is 6.89. The Morgan fingerprint density at radius 3 is 2.30 bits per heavy atom. The zero-order valence-electron chi connectivity index (χ0n) is 12.1. The van der Waals surface area contributed by atoms with Crippen LogP contribution in [0.2, 0.25) is 0 Å². The maximum atomic E-state index is 9.33. The summed E-state index contributed by atoms with van der Waals surface area (Å²) in [6.45, 7) is 6.08. The number of pyridine rings is 1. The van der Waals surface area contributed by atoms with Gasteiger partial charge in [0.2, 0.25) is 0 Å². The Morgan fingerprint density at radius 1 is 0.900 bits per heavy atom. The summed E-state index contributed by atoms with van der Waals surface area (Å²) in [6, 6.07) is 15.5. The second kappa shape index (κ2) is 6.20. The van der Waals surface area contributed by atoms with Crippen molar-refractivity contribution in [1.82, 2.24) is 4.98 Å². The number of aromatic hydroxyl groups is 1. The van der Waals surface area contributed by atoms with E-state index in [-0.39, 0.29) is 5.75 Å². The summed E-state index contributed by atoms with van der Waals surface area (Å²) in [6.07, 6.45) is 1.82. The first-order chi connectivity index (χ1) is 9.75. The molecular formula is C18H19NO. The fraction of sp³-hybridized carbons (Fsp3) is 0.167. The zero-order valence-corrected chi connectivity index (χ0v) is 12.1. The predicted molar refractivity (Wildman–Crippen MR) is 84.9 cm³/mol. The second-order valence-electron chi connectivity index (χ2n) is 4.36. The van der Waals surface area contributed by atoms with Gasteiger partial charge in [-0.2, -0.15) is 0 Å². The molecule has 0 fully saturated rings. The minimum Gasteiger partial charge on any atom is -0.508 e.